The summed E-state index contributed by atoms with van der Waals surface area (Å²) in [5.41, 5.74) is 1.49. The van der Waals surface area contributed by atoms with Crippen LogP contribution in [0.5, 0.6) is 17.2 Å². The van der Waals surface area contributed by atoms with Gasteiger partial charge < -0.3 is 18.9 Å². The molecular formula is C15H18N2O5. The lowest BCUT2D eigenvalue weighted by atomic mass is 10.1. The molecule has 0 unspecified atom stereocenters. The van der Waals surface area contributed by atoms with Gasteiger partial charge in [0.15, 0.2) is 11.5 Å². The third kappa shape index (κ3) is 2.83. The minimum atomic E-state index is -0.458. The molecule has 0 bridgehead atoms. The monoisotopic (exact) mass is 306 g/mol. The molecule has 7 heteroatoms. The zero-order valence-electron chi connectivity index (χ0n) is 12.9. The van der Waals surface area contributed by atoms with E-state index in [1.807, 2.05) is 0 Å². The highest BCUT2D eigenvalue weighted by atomic mass is 16.5. The van der Waals surface area contributed by atoms with E-state index in [1.54, 1.807) is 32.2 Å². The second kappa shape index (κ2) is 6.84. The number of aromatic nitrogens is 2. The van der Waals surface area contributed by atoms with Gasteiger partial charge in [-0.25, -0.2) is 4.79 Å². The lowest BCUT2D eigenvalue weighted by molar-refractivity contribution is 0.0519. The summed E-state index contributed by atoms with van der Waals surface area (Å²) in [6.07, 6.45) is 0. The highest BCUT2D eigenvalue weighted by Crippen LogP contribution is 2.43. The summed E-state index contributed by atoms with van der Waals surface area (Å²) in [5, 5.41) is 6.78. The molecule has 0 aliphatic heterocycles. The minimum Gasteiger partial charge on any atom is -0.493 e. The van der Waals surface area contributed by atoms with Crippen molar-refractivity contribution in [1.82, 2.24) is 10.2 Å². The van der Waals surface area contributed by atoms with E-state index in [0.29, 0.717) is 35.1 Å². The number of rotatable bonds is 6. The van der Waals surface area contributed by atoms with Crippen molar-refractivity contribution in [2.45, 2.75) is 6.92 Å². The number of H-pyrrole nitrogens is 1. The normalized spacial score (nSPS) is 10.2. The number of esters is 1. The number of nitrogens with zero attached hydrogens (tertiary/aromatic N) is 1. The van der Waals surface area contributed by atoms with Crippen molar-refractivity contribution in [3.05, 3.63) is 23.9 Å². The van der Waals surface area contributed by atoms with Gasteiger partial charge in [-0.1, -0.05) is 0 Å². The molecule has 1 aromatic carbocycles. The molecule has 0 radical (unpaired) electrons. The van der Waals surface area contributed by atoms with Gasteiger partial charge in [0.05, 0.1) is 33.6 Å². The first-order valence-electron chi connectivity index (χ1n) is 6.68. The molecule has 0 spiro atoms. The second-order valence-corrected chi connectivity index (χ2v) is 4.27. The Morgan fingerprint density at radius 1 is 1.14 bits per heavy atom. The topological polar surface area (TPSA) is 82.7 Å². The average Bonchev–Trinajstić information content (AvgIpc) is 3.03. The first-order chi connectivity index (χ1) is 10.7. The Balaban J connectivity index is 2.47. The summed E-state index contributed by atoms with van der Waals surface area (Å²) in [5.74, 6) is 1.02. The van der Waals surface area contributed by atoms with Gasteiger partial charge in [-0.15, -0.1) is 0 Å². The van der Waals surface area contributed by atoms with Crippen LogP contribution in [0.4, 0.5) is 0 Å². The second-order valence-electron chi connectivity index (χ2n) is 4.27. The van der Waals surface area contributed by atoms with Crippen LogP contribution in [0.3, 0.4) is 0 Å². The van der Waals surface area contributed by atoms with Crippen molar-refractivity contribution in [2.24, 2.45) is 0 Å². The molecule has 0 fully saturated rings. The molecule has 0 saturated carbocycles. The number of carbonyl (C=O) groups is 1. The average molecular weight is 306 g/mol. The maximum Gasteiger partial charge on any atom is 0.356 e. The Morgan fingerprint density at radius 2 is 1.86 bits per heavy atom. The lowest BCUT2D eigenvalue weighted by Gasteiger charge is -2.14. The van der Waals surface area contributed by atoms with E-state index in [9.17, 15) is 4.79 Å². The summed E-state index contributed by atoms with van der Waals surface area (Å²) >= 11 is 0. The van der Waals surface area contributed by atoms with Crippen LogP contribution in [0.15, 0.2) is 18.2 Å². The summed E-state index contributed by atoms with van der Waals surface area (Å²) in [6, 6.07) is 5.13. The first-order valence-corrected chi connectivity index (χ1v) is 6.68. The SMILES string of the molecule is CCOC(=O)c1cc(-c2ccc(OC)c(OC)c2OC)n[nH]1. The quantitative estimate of drug-likeness (QED) is 0.824. The fourth-order valence-electron chi connectivity index (χ4n) is 2.08. The molecule has 1 heterocycles. The van der Waals surface area contributed by atoms with Crippen LogP contribution in [0, 0.1) is 0 Å². The Bertz CT molecular complexity index is 666. The van der Waals surface area contributed by atoms with Gasteiger partial charge in [0.2, 0.25) is 5.75 Å². The third-order valence-corrected chi connectivity index (χ3v) is 3.05. The number of hydrogen-bond donors (Lipinski definition) is 1. The zero-order chi connectivity index (χ0) is 16.1. The molecule has 7 nitrogen and oxygen atoms in total. The first kappa shape index (κ1) is 15.7. The molecule has 0 saturated heterocycles. The largest absolute Gasteiger partial charge is 0.493 e. The van der Waals surface area contributed by atoms with E-state index in [1.165, 1.54) is 14.2 Å². The highest BCUT2D eigenvalue weighted by Gasteiger charge is 2.20. The standard InChI is InChI=1S/C15H18N2O5/c1-5-22-15(18)11-8-10(16-17-11)9-6-7-12(19-2)14(21-4)13(9)20-3/h6-8H,5H2,1-4H3,(H,16,17). The van der Waals surface area contributed by atoms with E-state index in [2.05, 4.69) is 10.2 Å². The van der Waals surface area contributed by atoms with Crippen LogP contribution in [0.1, 0.15) is 17.4 Å². The maximum absolute atomic E-state index is 11.7. The molecule has 1 N–H and O–H groups in total. The van der Waals surface area contributed by atoms with Crippen LogP contribution in [-0.2, 0) is 4.74 Å². The molecule has 22 heavy (non-hydrogen) atoms. The molecule has 2 rings (SSSR count). The molecule has 0 aliphatic carbocycles. The highest BCUT2D eigenvalue weighted by molar-refractivity contribution is 5.89. The van der Waals surface area contributed by atoms with E-state index < -0.39 is 5.97 Å². The van der Waals surface area contributed by atoms with Gasteiger partial charge in [-0.3, -0.25) is 5.10 Å². The Hall–Kier alpha value is -2.70. The van der Waals surface area contributed by atoms with Gasteiger partial charge in [0.1, 0.15) is 5.69 Å². The third-order valence-electron chi connectivity index (χ3n) is 3.05. The fourth-order valence-corrected chi connectivity index (χ4v) is 2.08. The molecule has 118 valence electrons. The van der Waals surface area contributed by atoms with Crippen LogP contribution in [-0.4, -0.2) is 44.1 Å². The zero-order valence-corrected chi connectivity index (χ0v) is 12.9. The van der Waals surface area contributed by atoms with E-state index in [-0.39, 0.29) is 5.69 Å². The molecule has 0 aliphatic rings. The van der Waals surface area contributed by atoms with Gasteiger partial charge in [-0.2, -0.15) is 5.10 Å². The van der Waals surface area contributed by atoms with Crippen molar-refractivity contribution in [1.29, 1.82) is 0 Å². The summed E-state index contributed by atoms with van der Waals surface area (Å²) in [4.78, 5) is 11.7. The molecule has 2 aromatic rings. The van der Waals surface area contributed by atoms with E-state index in [4.69, 9.17) is 18.9 Å². The molecule has 0 atom stereocenters. The Labute approximate surface area is 128 Å². The van der Waals surface area contributed by atoms with Gasteiger partial charge in [0, 0.05) is 5.56 Å². The molecular weight excluding hydrogens is 288 g/mol. The number of hydrogen-bond acceptors (Lipinski definition) is 6. The van der Waals surface area contributed by atoms with Crippen molar-refractivity contribution >= 4 is 5.97 Å². The number of ether oxygens (including phenoxy) is 4. The Morgan fingerprint density at radius 3 is 2.45 bits per heavy atom. The summed E-state index contributed by atoms with van der Waals surface area (Å²) in [7, 11) is 4.60. The minimum absolute atomic E-state index is 0.272. The Kier molecular flexibility index (Phi) is 4.88. The van der Waals surface area contributed by atoms with Crippen molar-refractivity contribution in [3.8, 4) is 28.5 Å². The molecule has 1 aromatic heterocycles. The number of methoxy groups -OCH3 is 3. The summed E-state index contributed by atoms with van der Waals surface area (Å²) < 4.78 is 20.9. The van der Waals surface area contributed by atoms with Crippen molar-refractivity contribution in [3.63, 3.8) is 0 Å². The van der Waals surface area contributed by atoms with Gasteiger partial charge in [0.25, 0.3) is 0 Å². The number of benzene rings is 1. The van der Waals surface area contributed by atoms with Crippen molar-refractivity contribution < 1.29 is 23.7 Å². The van der Waals surface area contributed by atoms with Crippen LogP contribution >= 0.6 is 0 Å². The number of carbonyl (C=O) groups excluding carboxylic acids is 1. The molecule has 0 amide bonds. The maximum atomic E-state index is 11.7. The number of nitrogens with one attached hydrogen (secondary N) is 1. The van der Waals surface area contributed by atoms with Gasteiger partial charge in [-0.05, 0) is 25.1 Å². The van der Waals surface area contributed by atoms with Crippen LogP contribution in [0.25, 0.3) is 11.3 Å². The lowest BCUT2D eigenvalue weighted by Crippen LogP contribution is -2.04. The van der Waals surface area contributed by atoms with Crippen LogP contribution in [0.2, 0.25) is 0 Å². The summed E-state index contributed by atoms with van der Waals surface area (Å²) in [6.45, 7) is 2.04. The van der Waals surface area contributed by atoms with E-state index in [0.717, 1.165) is 0 Å². The predicted molar refractivity (Wildman–Crippen MR) is 79.6 cm³/mol. The predicted octanol–water partition coefficient (Wildman–Crippen LogP) is 2.28. The van der Waals surface area contributed by atoms with Crippen molar-refractivity contribution in [2.75, 3.05) is 27.9 Å². The fraction of sp³-hybridized carbons (Fsp3) is 0.333. The van der Waals surface area contributed by atoms with Crippen LogP contribution < -0.4 is 14.2 Å². The van der Waals surface area contributed by atoms with Gasteiger partial charge >= 0.3 is 5.97 Å². The van der Waals surface area contributed by atoms with E-state index >= 15 is 0 Å². The number of aromatic amines is 1. The smallest absolute Gasteiger partial charge is 0.356 e.